The number of benzene rings is 3. The summed E-state index contributed by atoms with van der Waals surface area (Å²) in [4.78, 5) is 40.6. The van der Waals surface area contributed by atoms with E-state index in [4.69, 9.17) is 16.7 Å². The molecule has 4 aromatic rings. The maximum Gasteiger partial charge on any atom is 0.261 e. The molecule has 0 aliphatic rings. The van der Waals surface area contributed by atoms with Crippen molar-refractivity contribution >= 4 is 45.7 Å². The van der Waals surface area contributed by atoms with Crippen LogP contribution in [0.3, 0.4) is 0 Å². The molecule has 0 spiro atoms. The number of pyridine rings is 1. The van der Waals surface area contributed by atoms with Crippen LogP contribution in [0.2, 0.25) is 5.02 Å². The first-order valence-corrected chi connectivity index (χ1v) is 10.1. The van der Waals surface area contributed by atoms with Crippen molar-refractivity contribution in [2.45, 2.75) is 6.61 Å². The van der Waals surface area contributed by atoms with Crippen LogP contribution in [0.4, 0.5) is 11.4 Å². The molecule has 7 nitrogen and oxygen atoms in total. The number of rotatable bonds is 5. The SMILES string of the molecule is O=C(Nc1cccc2[nH]c(=O)c(C(=O)Nc3ccc(Cl)cc3)cc12)c1ccc(CO)cc1. The molecule has 0 fully saturated rings. The van der Waals surface area contributed by atoms with E-state index in [2.05, 4.69) is 15.6 Å². The van der Waals surface area contributed by atoms with E-state index in [9.17, 15) is 14.4 Å². The minimum atomic E-state index is -0.587. The van der Waals surface area contributed by atoms with Crippen molar-refractivity contribution < 1.29 is 14.7 Å². The van der Waals surface area contributed by atoms with Crippen LogP contribution in [-0.2, 0) is 6.61 Å². The van der Waals surface area contributed by atoms with Crippen LogP contribution >= 0.6 is 11.6 Å². The number of aromatic amines is 1. The number of nitrogens with one attached hydrogen (secondary N) is 3. The number of aliphatic hydroxyl groups is 1. The minimum absolute atomic E-state index is 0.0959. The summed E-state index contributed by atoms with van der Waals surface area (Å²) < 4.78 is 0. The van der Waals surface area contributed by atoms with Gasteiger partial charge in [0.05, 0.1) is 17.8 Å². The van der Waals surface area contributed by atoms with Crippen molar-refractivity contribution in [1.29, 1.82) is 0 Å². The van der Waals surface area contributed by atoms with Crippen molar-refractivity contribution in [3.05, 3.63) is 105 Å². The molecule has 160 valence electrons. The fourth-order valence-corrected chi connectivity index (χ4v) is 3.32. The third-order valence-electron chi connectivity index (χ3n) is 4.88. The summed E-state index contributed by atoms with van der Waals surface area (Å²) in [6.07, 6.45) is 0. The van der Waals surface area contributed by atoms with E-state index in [-0.39, 0.29) is 18.1 Å². The van der Waals surface area contributed by atoms with E-state index in [0.717, 1.165) is 0 Å². The van der Waals surface area contributed by atoms with Crippen molar-refractivity contribution in [1.82, 2.24) is 4.98 Å². The van der Waals surface area contributed by atoms with Crippen LogP contribution < -0.4 is 16.2 Å². The average molecular weight is 448 g/mol. The number of aromatic nitrogens is 1. The van der Waals surface area contributed by atoms with E-state index in [0.29, 0.717) is 38.4 Å². The predicted octanol–water partition coefficient (Wildman–Crippen LogP) is 4.18. The van der Waals surface area contributed by atoms with E-state index in [1.165, 1.54) is 6.07 Å². The normalized spacial score (nSPS) is 10.7. The van der Waals surface area contributed by atoms with E-state index in [1.807, 2.05) is 0 Å². The highest BCUT2D eigenvalue weighted by Gasteiger charge is 2.15. The van der Waals surface area contributed by atoms with Crippen molar-refractivity contribution in [2.75, 3.05) is 10.6 Å². The molecular weight excluding hydrogens is 430 g/mol. The summed E-state index contributed by atoms with van der Waals surface area (Å²) in [6.45, 7) is -0.112. The number of aliphatic hydroxyl groups excluding tert-OH is 1. The zero-order valence-corrected chi connectivity index (χ0v) is 17.4. The van der Waals surface area contributed by atoms with Gasteiger partial charge in [-0.05, 0) is 60.2 Å². The first-order valence-electron chi connectivity index (χ1n) is 9.69. The molecule has 0 atom stereocenters. The summed E-state index contributed by atoms with van der Waals surface area (Å²) in [5.74, 6) is -0.948. The van der Waals surface area contributed by atoms with Gasteiger partial charge in [0.1, 0.15) is 5.56 Å². The molecule has 0 bridgehead atoms. The second-order valence-corrected chi connectivity index (χ2v) is 7.49. The van der Waals surface area contributed by atoms with Crippen LogP contribution in [0.15, 0.2) is 77.6 Å². The Bertz CT molecular complexity index is 1360. The summed E-state index contributed by atoms with van der Waals surface area (Å²) in [6, 6.07) is 19.6. The van der Waals surface area contributed by atoms with Crippen molar-refractivity contribution in [3.8, 4) is 0 Å². The lowest BCUT2D eigenvalue weighted by atomic mass is 10.1. The molecule has 0 aliphatic heterocycles. The molecule has 1 heterocycles. The average Bonchev–Trinajstić information content (AvgIpc) is 2.80. The van der Waals surface area contributed by atoms with E-state index in [1.54, 1.807) is 66.7 Å². The molecule has 1 aromatic heterocycles. The number of hydrogen-bond donors (Lipinski definition) is 4. The smallest absolute Gasteiger partial charge is 0.261 e. The summed E-state index contributed by atoms with van der Waals surface area (Å²) >= 11 is 5.86. The quantitative estimate of drug-likeness (QED) is 0.367. The molecule has 0 aliphatic carbocycles. The van der Waals surface area contributed by atoms with Crippen LogP contribution in [0, 0.1) is 0 Å². The van der Waals surface area contributed by atoms with Gasteiger partial charge >= 0.3 is 0 Å². The lowest BCUT2D eigenvalue weighted by Crippen LogP contribution is -2.23. The number of carbonyl (C=O) groups excluding carboxylic acids is 2. The topological polar surface area (TPSA) is 111 Å². The molecule has 2 amide bonds. The number of halogens is 1. The number of hydrogen-bond acceptors (Lipinski definition) is 4. The third kappa shape index (κ3) is 4.54. The van der Waals surface area contributed by atoms with Gasteiger partial charge in [-0.15, -0.1) is 0 Å². The standard InChI is InChI=1S/C24H18ClN3O4/c25-16-8-10-17(11-9-16)26-23(31)19-12-18-20(2-1-3-21(18)28-24(19)32)27-22(30)15-6-4-14(13-29)5-7-15/h1-12,29H,13H2,(H,26,31)(H,27,30)(H,28,32). The molecule has 0 radical (unpaired) electrons. The number of carbonyl (C=O) groups is 2. The highest BCUT2D eigenvalue weighted by atomic mass is 35.5. The highest BCUT2D eigenvalue weighted by molar-refractivity contribution is 6.30. The largest absolute Gasteiger partial charge is 0.392 e. The van der Waals surface area contributed by atoms with Gasteiger partial charge in [0.2, 0.25) is 0 Å². The molecule has 32 heavy (non-hydrogen) atoms. The second-order valence-electron chi connectivity index (χ2n) is 7.05. The van der Waals surface area contributed by atoms with Crippen LogP contribution in [0.25, 0.3) is 10.9 Å². The Labute approximate surface area is 187 Å². The number of fused-ring (bicyclic) bond motifs is 1. The Balaban J connectivity index is 1.65. The zero-order chi connectivity index (χ0) is 22.7. The van der Waals surface area contributed by atoms with Gasteiger partial charge in [-0.1, -0.05) is 29.8 Å². The van der Waals surface area contributed by atoms with Gasteiger partial charge in [-0.2, -0.15) is 0 Å². The maximum atomic E-state index is 12.7. The lowest BCUT2D eigenvalue weighted by Gasteiger charge is -2.11. The first kappa shape index (κ1) is 21.3. The molecule has 4 N–H and O–H groups in total. The van der Waals surface area contributed by atoms with Gasteiger partial charge < -0.3 is 20.7 Å². The minimum Gasteiger partial charge on any atom is -0.392 e. The van der Waals surface area contributed by atoms with Gasteiger partial charge in [0.25, 0.3) is 17.4 Å². The number of anilines is 2. The Morgan fingerprint density at radius 2 is 1.62 bits per heavy atom. The molecule has 0 unspecified atom stereocenters. The Morgan fingerprint density at radius 1 is 0.906 bits per heavy atom. The highest BCUT2D eigenvalue weighted by Crippen LogP contribution is 2.23. The van der Waals surface area contributed by atoms with Crippen LogP contribution in [0.1, 0.15) is 26.3 Å². The lowest BCUT2D eigenvalue weighted by molar-refractivity contribution is 0.101. The number of H-pyrrole nitrogens is 1. The van der Waals surface area contributed by atoms with Crippen molar-refractivity contribution in [3.63, 3.8) is 0 Å². The first-order chi connectivity index (χ1) is 15.4. The molecule has 4 rings (SSSR count). The fraction of sp³-hybridized carbons (Fsp3) is 0.0417. The van der Waals surface area contributed by atoms with Gasteiger partial charge in [0.15, 0.2) is 0 Å². The van der Waals surface area contributed by atoms with Gasteiger partial charge in [0, 0.05) is 21.7 Å². The molecule has 0 saturated carbocycles. The summed E-state index contributed by atoms with van der Waals surface area (Å²) in [5.41, 5.74) is 1.87. The second kappa shape index (κ2) is 9.05. The predicted molar refractivity (Wildman–Crippen MR) is 124 cm³/mol. The van der Waals surface area contributed by atoms with Crippen LogP contribution in [0.5, 0.6) is 0 Å². The Morgan fingerprint density at radius 3 is 2.31 bits per heavy atom. The summed E-state index contributed by atoms with van der Waals surface area (Å²) in [5, 5.41) is 15.7. The molecule has 3 aromatic carbocycles. The van der Waals surface area contributed by atoms with E-state index >= 15 is 0 Å². The van der Waals surface area contributed by atoms with Crippen molar-refractivity contribution in [2.24, 2.45) is 0 Å². The van der Waals surface area contributed by atoms with Gasteiger partial charge in [-0.25, -0.2) is 0 Å². The number of amides is 2. The summed E-state index contributed by atoms with van der Waals surface area (Å²) in [7, 11) is 0. The third-order valence-corrected chi connectivity index (χ3v) is 5.13. The van der Waals surface area contributed by atoms with Gasteiger partial charge in [-0.3, -0.25) is 14.4 Å². The molecular formula is C24H18ClN3O4. The molecule has 0 saturated heterocycles. The van der Waals surface area contributed by atoms with Crippen LogP contribution in [-0.4, -0.2) is 21.9 Å². The Hall–Kier alpha value is -3.94. The maximum absolute atomic E-state index is 12.7. The fourth-order valence-electron chi connectivity index (χ4n) is 3.19. The Kier molecular flexibility index (Phi) is 6.02. The molecule has 8 heteroatoms. The monoisotopic (exact) mass is 447 g/mol. The zero-order valence-electron chi connectivity index (χ0n) is 16.7. The van der Waals surface area contributed by atoms with E-state index < -0.39 is 11.5 Å².